The van der Waals surface area contributed by atoms with E-state index in [9.17, 15) is 0 Å². The summed E-state index contributed by atoms with van der Waals surface area (Å²) >= 11 is 0. The van der Waals surface area contributed by atoms with Crippen molar-refractivity contribution < 1.29 is 0 Å². The highest BCUT2D eigenvalue weighted by Crippen LogP contribution is 2.43. The van der Waals surface area contributed by atoms with Gasteiger partial charge in [-0.05, 0) is 190 Å². The largest absolute Gasteiger partial charge is 0.311 e. The molecule has 18 rings (SSSR count). The van der Waals surface area contributed by atoms with Crippen molar-refractivity contribution in [2.24, 2.45) is 0 Å². The minimum atomic E-state index is 0.429. The van der Waals surface area contributed by atoms with Gasteiger partial charge in [-0.3, -0.25) is 0 Å². The maximum atomic E-state index is 5.58. The van der Waals surface area contributed by atoms with Crippen LogP contribution in [0.25, 0.3) is 101 Å². The van der Waals surface area contributed by atoms with Gasteiger partial charge in [-0.15, -0.1) is 0 Å². The molecule has 16 aromatic carbocycles. The molecule has 0 radical (unpaired) electrons. The number of rotatable bonds is 20. The van der Waals surface area contributed by atoms with Gasteiger partial charge in [0.1, 0.15) is 0 Å². The van der Waals surface area contributed by atoms with Crippen LogP contribution in [0.4, 0.5) is 68.2 Å². The Morgan fingerprint density at radius 2 is 0.218 bits per heavy atom. The van der Waals surface area contributed by atoms with Crippen LogP contribution in [-0.2, 0) is 0 Å². The maximum absolute atomic E-state index is 5.58. The van der Waals surface area contributed by atoms with Gasteiger partial charge in [-0.1, -0.05) is 291 Å². The van der Waals surface area contributed by atoms with E-state index in [0.29, 0.717) is 34.1 Å². The average molecular weight is 1410 g/mol. The van der Waals surface area contributed by atoms with E-state index < -0.39 is 0 Å². The van der Waals surface area contributed by atoms with Crippen LogP contribution >= 0.6 is 0 Å². The van der Waals surface area contributed by atoms with E-state index in [0.717, 1.165) is 135 Å². The van der Waals surface area contributed by atoms with Crippen LogP contribution in [0.3, 0.4) is 0 Å². The predicted octanol–water partition coefficient (Wildman–Crippen LogP) is 27.6. The van der Waals surface area contributed by atoms with Gasteiger partial charge >= 0.3 is 0 Å². The van der Waals surface area contributed by atoms with Crippen molar-refractivity contribution in [2.75, 3.05) is 19.6 Å². The number of anilines is 12. The normalized spacial score (nSPS) is 11.1. The predicted molar refractivity (Wildman–Crippen MR) is 457 cm³/mol. The van der Waals surface area contributed by atoms with E-state index in [1.165, 1.54) is 0 Å². The van der Waals surface area contributed by atoms with E-state index in [1.807, 2.05) is 0 Å². The summed E-state index contributed by atoms with van der Waals surface area (Å²) in [7, 11) is 0. The quantitative estimate of drug-likeness (QED) is 0.0748. The molecular weight excluding hydrogens is 1340 g/mol. The van der Waals surface area contributed by atoms with Crippen LogP contribution in [0.15, 0.2) is 437 Å². The van der Waals surface area contributed by atoms with Gasteiger partial charge in [0.2, 0.25) is 0 Å². The first-order chi connectivity index (χ1) is 54.5. The second kappa shape index (κ2) is 30.7. The fourth-order valence-corrected chi connectivity index (χ4v) is 14.6. The third-order valence-electron chi connectivity index (χ3n) is 20.1. The molecule has 0 saturated carbocycles. The molecular formula is C102H72N8. The lowest BCUT2D eigenvalue weighted by atomic mass is 9.97. The standard InChI is InChI=1S/C102H72N8/c1-9-25-85(26-10-1)107(86-27-11-2-12-28-86)93-65-57-77(58-66-93)73-41-49-81(50-42-73)97-98(82-51-43-74(44-52-82)78-59-67-94(68-60-78)108(87-29-13-3-14-30-87)88-31-15-4-16-32-88)104-102-101(103-97)105-99(83-53-45-75(46-54-83)79-61-69-95(70-62-79)109(89-33-17-5-18-34-89)90-35-19-6-20-36-90)100(106-102)84-55-47-76(48-56-84)80-63-71-96(72-64-80)110(91-37-21-7-22-38-91)92-39-23-8-24-40-92/h1-72H. The Morgan fingerprint density at radius 3 is 0.355 bits per heavy atom. The minimum absolute atomic E-state index is 0.429. The van der Waals surface area contributed by atoms with E-state index >= 15 is 0 Å². The molecule has 0 amide bonds. The number of nitrogens with zero attached hydrogens (tertiary/aromatic N) is 8. The lowest BCUT2D eigenvalue weighted by Gasteiger charge is -2.25. The molecule has 0 spiro atoms. The summed E-state index contributed by atoms with van der Waals surface area (Å²) in [5.41, 5.74) is 28.8. The van der Waals surface area contributed by atoms with Gasteiger partial charge in [0.15, 0.2) is 11.3 Å². The van der Waals surface area contributed by atoms with E-state index in [4.69, 9.17) is 19.9 Å². The Labute approximate surface area is 641 Å². The van der Waals surface area contributed by atoms with Gasteiger partial charge in [0.25, 0.3) is 0 Å². The van der Waals surface area contributed by atoms with Crippen LogP contribution < -0.4 is 19.6 Å². The molecule has 0 aliphatic rings. The number of hydrogen-bond acceptors (Lipinski definition) is 8. The number of para-hydroxylation sites is 8. The summed E-state index contributed by atoms with van der Waals surface area (Å²) in [5.74, 6) is 0. The van der Waals surface area contributed by atoms with Crippen molar-refractivity contribution in [3.8, 4) is 89.5 Å². The third kappa shape index (κ3) is 14.1. The number of benzene rings is 16. The summed E-state index contributed by atoms with van der Waals surface area (Å²) in [6.45, 7) is 0. The maximum Gasteiger partial charge on any atom is 0.199 e. The zero-order chi connectivity index (χ0) is 73.4. The molecule has 2 heterocycles. The van der Waals surface area contributed by atoms with Crippen molar-refractivity contribution in [2.45, 2.75) is 0 Å². The first-order valence-electron chi connectivity index (χ1n) is 37.1. The monoisotopic (exact) mass is 1410 g/mol. The third-order valence-corrected chi connectivity index (χ3v) is 20.1. The lowest BCUT2D eigenvalue weighted by Crippen LogP contribution is -2.09. The van der Waals surface area contributed by atoms with Gasteiger partial charge in [-0.25, -0.2) is 19.9 Å². The minimum Gasteiger partial charge on any atom is -0.311 e. The summed E-state index contributed by atoms with van der Waals surface area (Å²) in [5, 5.41) is 0. The Morgan fingerprint density at radius 1 is 0.109 bits per heavy atom. The van der Waals surface area contributed by atoms with Crippen LogP contribution in [0.5, 0.6) is 0 Å². The molecule has 0 aliphatic heterocycles. The average Bonchev–Trinajstić information content (AvgIpc) is 0.753. The zero-order valence-electron chi connectivity index (χ0n) is 60.1. The van der Waals surface area contributed by atoms with Crippen molar-refractivity contribution >= 4 is 79.5 Å². The zero-order valence-corrected chi connectivity index (χ0v) is 60.1. The first kappa shape index (κ1) is 67.0. The van der Waals surface area contributed by atoms with E-state index in [1.54, 1.807) is 0 Å². The molecule has 8 nitrogen and oxygen atoms in total. The fourth-order valence-electron chi connectivity index (χ4n) is 14.6. The van der Waals surface area contributed by atoms with Gasteiger partial charge in [0, 0.05) is 90.5 Å². The molecule has 0 N–H and O–H groups in total. The first-order valence-corrected chi connectivity index (χ1v) is 37.1. The molecule has 8 heteroatoms. The lowest BCUT2D eigenvalue weighted by molar-refractivity contribution is 1.17. The SMILES string of the molecule is c1ccc(N(c2ccccc2)c2ccc(-c3ccc(-c4nc5nc(-c6ccc(-c7ccc(N(c8ccccc8)c8ccccc8)cc7)cc6)c(-c6ccc(-c7ccc(N(c8ccccc8)c8ccccc8)cc7)cc6)nc5nc4-c4ccc(-c5ccc(N(c6ccccc6)c6ccccc6)cc5)cc4)cc3)cc2)cc1. The number of aromatic nitrogens is 4. The number of fused-ring (bicyclic) bond motifs is 1. The van der Waals surface area contributed by atoms with E-state index in [-0.39, 0.29) is 0 Å². The van der Waals surface area contributed by atoms with E-state index in [2.05, 4.69) is 456 Å². The Kier molecular flexibility index (Phi) is 18.7. The second-order valence-electron chi connectivity index (χ2n) is 27.0. The topological polar surface area (TPSA) is 64.5 Å². The molecule has 0 bridgehead atoms. The molecule has 110 heavy (non-hydrogen) atoms. The van der Waals surface area contributed by atoms with Gasteiger partial charge in [-0.2, -0.15) is 0 Å². The second-order valence-corrected chi connectivity index (χ2v) is 27.0. The van der Waals surface area contributed by atoms with Crippen molar-refractivity contribution in [1.29, 1.82) is 0 Å². The fraction of sp³-hybridized carbons (Fsp3) is 0. The molecule has 0 fully saturated rings. The van der Waals surface area contributed by atoms with Crippen LogP contribution in [0.2, 0.25) is 0 Å². The van der Waals surface area contributed by atoms with Crippen LogP contribution in [0, 0.1) is 0 Å². The Balaban J connectivity index is 0.731. The van der Waals surface area contributed by atoms with Crippen LogP contribution in [-0.4, -0.2) is 19.9 Å². The van der Waals surface area contributed by atoms with Gasteiger partial charge in [0.05, 0.1) is 22.8 Å². The molecule has 0 aliphatic carbocycles. The summed E-state index contributed by atoms with van der Waals surface area (Å²) < 4.78 is 0. The summed E-state index contributed by atoms with van der Waals surface area (Å²) in [6, 6.07) is 154. The van der Waals surface area contributed by atoms with Crippen molar-refractivity contribution in [3.05, 3.63) is 437 Å². The van der Waals surface area contributed by atoms with Crippen molar-refractivity contribution in [3.63, 3.8) is 0 Å². The smallest absolute Gasteiger partial charge is 0.199 e. The Bertz CT molecular complexity index is 5170. The van der Waals surface area contributed by atoms with Gasteiger partial charge < -0.3 is 19.6 Å². The molecule has 0 saturated heterocycles. The number of hydrogen-bond donors (Lipinski definition) is 0. The molecule has 0 unspecified atom stereocenters. The van der Waals surface area contributed by atoms with Crippen LogP contribution in [0.1, 0.15) is 0 Å². The highest BCUT2D eigenvalue weighted by atomic mass is 15.2. The molecule has 520 valence electrons. The highest BCUT2D eigenvalue weighted by molar-refractivity contribution is 5.91. The molecule has 2 aromatic heterocycles. The molecule has 0 atom stereocenters. The highest BCUT2D eigenvalue weighted by Gasteiger charge is 2.23. The van der Waals surface area contributed by atoms with Crippen molar-refractivity contribution in [1.82, 2.24) is 19.9 Å². The molecule has 18 aromatic rings. The summed E-state index contributed by atoms with van der Waals surface area (Å²) in [4.78, 5) is 31.4. The Hall–Kier alpha value is -14.9. The summed E-state index contributed by atoms with van der Waals surface area (Å²) in [6.07, 6.45) is 0.